The average Bonchev–Trinajstić information content (AvgIpc) is 3.10. The lowest BCUT2D eigenvalue weighted by molar-refractivity contribution is -0.227. The maximum absolute atomic E-state index is 12.3. The Balaban J connectivity index is 1.43. The molecule has 4 aliphatic carbocycles. The average molecular weight is 471 g/mol. The number of hydrogen-bond acceptors (Lipinski definition) is 5. The van der Waals surface area contributed by atoms with Crippen LogP contribution in [0.1, 0.15) is 91.4 Å². The van der Waals surface area contributed by atoms with Crippen LogP contribution in [0.3, 0.4) is 0 Å². The second-order valence-electron chi connectivity index (χ2n) is 12.3. The topological polar surface area (TPSA) is 79.2 Å². The summed E-state index contributed by atoms with van der Waals surface area (Å²) in [5.74, 6) is 2.55. The summed E-state index contributed by atoms with van der Waals surface area (Å²) in [6.07, 6.45) is 15.0. The van der Waals surface area contributed by atoms with Crippen LogP contribution in [0.25, 0.3) is 0 Å². The second kappa shape index (κ2) is 8.95. The van der Waals surface area contributed by atoms with Crippen molar-refractivity contribution in [2.45, 2.75) is 103 Å². The molecule has 0 amide bonds. The molecule has 4 fully saturated rings. The van der Waals surface area contributed by atoms with Gasteiger partial charge < -0.3 is 24.2 Å². The Labute approximate surface area is 195 Å². The molecule has 0 aromatic rings. The van der Waals surface area contributed by atoms with Crippen LogP contribution in [0.5, 0.6) is 0 Å². The van der Waals surface area contributed by atoms with Gasteiger partial charge in [0.25, 0.3) is 0 Å². The van der Waals surface area contributed by atoms with Gasteiger partial charge in [-0.1, -0.05) is 20.8 Å². The predicted octanol–water partition coefficient (Wildman–Crippen LogP) is 5.39. The van der Waals surface area contributed by atoms with Crippen molar-refractivity contribution in [1.82, 2.24) is 0 Å². The highest BCUT2D eigenvalue weighted by molar-refractivity contribution is 7.58. The van der Waals surface area contributed by atoms with Gasteiger partial charge in [0.2, 0.25) is 7.57 Å². The molecule has 0 heterocycles. The van der Waals surface area contributed by atoms with Gasteiger partial charge in [0.15, 0.2) is 0 Å². The fourth-order valence-electron chi connectivity index (χ4n) is 9.15. The summed E-state index contributed by atoms with van der Waals surface area (Å²) in [6, 6.07) is 0. The lowest BCUT2D eigenvalue weighted by Gasteiger charge is -2.64. The van der Waals surface area contributed by atoms with E-state index in [9.17, 15) is 15.1 Å². The minimum absolute atomic E-state index is 0.140. The summed E-state index contributed by atoms with van der Waals surface area (Å²) in [4.78, 5) is 9.87. The zero-order valence-electron chi connectivity index (χ0n) is 20.8. The summed E-state index contributed by atoms with van der Waals surface area (Å²) < 4.78 is 10.4. The summed E-state index contributed by atoms with van der Waals surface area (Å²) in [5.41, 5.74) is -0.148. The van der Waals surface area contributed by atoms with E-state index in [-0.39, 0.29) is 16.9 Å². The number of fused-ring (bicyclic) bond motifs is 5. The van der Waals surface area contributed by atoms with Crippen molar-refractivity contribution < 1.29 is 24.2 Å². The maximum Gasteiger partial charge on any atom is 0.247 e. The fourth-order valence-corrected chi connectivity index (χ4v) is 9.67. The van der Waals surface area contributed by atoms with Gasteiger partial charge in [0.1, 0.15) is 0 Å². The van der Waals surface area contributed by atoms with E-state index < -0.39 is 13.2 Å². The minimum Gasteiger partial charge on any atom is -0.393 e. The van der Waals surface area contributed by atoms with Crippen molar-refractivity contribution in [3.63, 3.8) is 0 Å². The Kier molecular flexibility index (Phi) is 7.05. The van der Waals surface area contributed by atoms with E-state index in [0.717, 1.165) is 57.8 Å². The van der Waals surface area contributed by atoms with Crippen LogP contribution in [0, 0.1) is 40.4 Å². The van der Waals surface area contributed by atoms with Crippen LogP contribution >= 0.6 is 7.57 Å². The molecule has 4 aliphatic rings. The van der Waals surface area contributed by atoms with Crippen LogP contribution in [-0.4, -0.2) is 46.8 Å². The molecule has 1 unspecified atom stereocenters. The van der Waals surface area contributed by atoms with Crippen LogP contribution in [0.2, 0.25) is 0 Å². The highest BCUT2D eigenvalue weighted by atomic mass is 31.2. The van der Waals surface area contributed by atoms with E-state index in [4.69, 9.17) is 9.05 Å². The lowest BCUT2D eigenvalue weighted by atomic mass is 9.42. The zero-order valence-corrected chi connectivity index (χ0v) is 21.7. The van der Waals surface area contributed by atoms with Crippen molar-refractivity contribution in [3.8, 4) is 0 Å². The normalized spacial score (nSPS) is 48.9. The molecule has 4 rings (SSSR count). The monoisotopic (exact) mass is 470 g/mol. The quantitative estimate of drug-likeness (QED) is 0.344. The molecule has 5 nitrogen and oxygen atoms in total. The Hall–Kier alpha value is 0.100. The molecule has 4 saturated carbocycles. The van der Waals surface area contributed by atoms with E-state index in [0.29, 0.717) is 36.2 Å². The highest BCUT2D eigenvalue weighted by Gasteiger charge is 2.66. The Morgan fingerprint density at radius 1 is 1.03 bits per heavy atom. The predicted molar refractivity (Wildman–Crippen MR) is 130 cm³/mol. The number of aliphatic hydroxyl groups excluding tert-OH is 1. The van der Waals surface area contributed by atoms with E-state index in [1.54, 1.807) is 0 Å². The molecule has 0 spiro atoms. The van der Waals surface area contributed by atoms with Gasteiger partial charge in [-0.3, -0.25) is 0 Å². The Bertz CT molecular complexity index is 729. The molecule has 32 heavy (non-hydrogen) atoms. The molecular weight excluding hydrogens is 423 g/mol. The van der Waals surface area contributed by atoms with Gasteiger partial charge in [-0.05, 0) is 117 Å². The van der Waals surface area contributed by atoms with Gasteiger partial charge in [-0.2, -0.15) is 0 Å². The summed E-state index contributed by atoms with van der Waals surface area (Å²) >= 11 is 0. The van der Waals surface area contributed by atoms with Crippen LogP contribution in [0.15, 0.2) is 0 Å². The molecule has 186 valence electrons. The Morgan fingerprint density at radius 3 is 2.44 bits per heavy atom. The van der Waals surface area contributed by atoms with E-state index in [2.05, 4.69) is 27.1 Å². The summed E-state index contributed by atoms with van der Waals surface area (Å²) in [6.45, 7) is 7.76. The first-order valence-corrected chi connectivity index (χ1v) is 14.8. The van der Waals surface area contributed by atoms with Crippen molar-refractivity contribution in [1.29, 1.82) is 0 Å². The number of rotatable bonds is 7. The molecule has 0 aliphatic heterocycles. The maximum atomic E-state index is 12.3. The minimum atomic E-state index is -2.89. The number of aliphatic hydroxyl groups is 2. The molecule has 0 radical (unpaired) electrons. The summed E-state index contributed by atoms with van der Waals surface area (Å²) in [7, 11) is -1.45. The highest BCUT2D eigenvalue weighted by Crippen LogP contribution is 2.69. The third-order valence-corrected chi connectivity index (χ3v) is 12.0. The smallest absolute Gasteiger partial charge is 0.247 e. The van der Waals surface area contributed by atoms with Crippen molar-refractivity contribution >= 4 is 13.9 Å². The van der Waals surface area contributed by atoms with E-state index >= 15 is 0 Å². The molecule has 6 heteroatoms. The van der Waals surface area contributed by atoms with Gasteiger partial charge in [-0.25, -0.2) is 0 Å². The molecule has 0 aromatic heterocycles. The largest absolute Gasteiger partial charge is 0.393 e. The fraction of sp³-hybridized carbons (Fsp3) is 0.962. The van der Waals surface area contributed by atoms with E-state index in [1.165, 1.54) is 20.0 Å². The lowest BCUT2D eigenvalue weighted by Crippen LogP contribution is -2.64. The third kappa shape index (κ3) is 4.18. The molecule has 3 N–H and O–H groups in total. The van der Waals surface area contributed by atoms with Crippen molar-refractivity contribution in [2.24, 2.45) is 40.4 Å². The molecule has 0 bridgehead atoms. The van der Waals surface area contributed by atoms with Crippen LogP contribution in [0.4, 0.5) is 0 Å². The zero-order chi connectivity index (χ0) is 23.4. The van der Waals surface area contributed by atoms with Crippen molar-refractivity contribution in [2.75, 3.05) is 13.7 Å². The molecule has 0 saturated heterocycles. The first-order valence-electron chi connectivity index (χ1n) is 13.0. The van der Waals surface area contributed by atoms with E-state index in [1.807, 2.05) is 0 Å². The first-order chi connectivity index (χ1) is 15.0. The van der Waals surface area contributed by atoms with Crippen molar-refractivity contribution in [3.05, 3.63) is 0 Å². The second-order valence-corrected chi connectivity index (χ2v) is 14.2. The molecule has 0 aromatic carbocycles. The molecule has 10 atom stereocenters. The van der Waals surface area contributed by atoms with Crippen LogP contribution in [-0.2, 0) is 9.05 Å². The Morgan fingerprint density at radius 2 is 1.72 bits per heavy atom. The van der Waals surface area contributed by atoms with Gasteiger partial charge >= 0.3 is 0 Å². The van der Waals surface area contributed by atoms with Gasteiger partial charge in [0.05, 0.1) is 18.3 Å². The van der Waals surface area contributed by atoms with Gasteiger partial charge in [0, 0.05) is 7.11 Å². The molecular formula is C26H47O5P. The third-order valence-electron chi connectivity index (χ3n) is 10.9. The standard InChI is InChI=1S/C26H47O5P/c1-18(7-6-16-31-32(5,29)30-4)21-8-9-22-25(21,3)14-12-23-24(2)13-11-20(27)17-19(24)10-15-26(22,23)28/h18-23,27-29H,5-17H2,1-4H3/t18-,19+,20+,21-,22-,23-,24+,25-,26-,32?/m1/s1. The first kappa shape index (κ1) is 25.2. The number of hydrogen-bond donors (Lipinski definition) is 3. The SMILES string of the molecule is C=P(O)(OC)OCCC[C@@H](C)[C@H]1CC[C@@H]2[C@]1(C)CC[C@@H]1[C@@]3(C)CC[C@H](O)C[C@@H]3CC[C@]12O. The summed E-state index contributed by atoms with van der Waals surface area (Å²) in [5, 5.41) is 22.6. The van der Waals surface area contributed by atoms with Crippen LogP contribution < -0.4 is 0 Å². The van der Waals surface area contributed by atoms with Gasteiger partial charge in [-0.15, -0.1) is 0 Å².